The smallest absolute Gasteiger partial charge is 0.281 e. The first-order valence-electron chi connectivity index (χ1n) is 9.60. The first-order chi connectivity index (χ1) is 15.0. The van der Waals surface area contributed by atoms with E-state index in [0.717, 1.165) is 16.0 Å². The standard InChI is InChI=1S/C23H19BrN2O4S/c1-2-28-17-9-5-16(6-10-17)26-22(27)21(25-23(26)31)13-19-11-12-20(30-19)14-29-18-7-3-15(24)4-8-18/h3-13H,2,14H2,1H3,(H,25,31)/b21-13+. The molecule has 0 spiro atoms. The van der Waals surface area contributed by atoms with E-state index in [4.69, 9.17) is 26.1 Å². The molecule has 2 heterocycles. The van der Waals surface area contributed by atoms with Gasteiger partial charge in [-0.3, -0.25) is 9.69 Å². The highest BCUT2D eigenvalue weighted by Gasteiger charge is 2.32. The number of hydrogen-bond acceptors (Lipinski definition) is 5. The molecule has 4 rings (SSSR count). The van der Waals surface area contributed by atoms with E-state index in [9.17, 15) is 4.79 Å². The molecular formula is C23H19BrN2O4S. The lowest BCUT2D eigenvalue weighted by Crippen LogP contribution is -2.30. The first kappa shape index (κ1) is 21.1. The van der Waals surface area contributed by atoms with Crippen molar-refractivity contribution >= 4 is 50.9 Å². The van der Waals surface area contributed by atoms with Gasteiger partial charge in [-0.15, -0.1) is 0 Å². The summed E-state index contributed by atoms with van der Waals surface area (Å²) in [4.78, 5) is 14.3. The maximum absolute atomic E-state index is 12.9. The maximum Gasteiger partial charge on any atom is 0.281 e. The number of nitrogens with one attached hydrogen (secondary N) is 1. The Hall–Kier alpha value is -3.10. The number of furan rings is 1. The van der Waals surface area contributed by atoms with Gasteiger partial charge in [0.05, 0.1) is 12.3 Å². The fourth-order valence-corrected chi connectivity index (χ4v) is 3.57. The summed E-state index contributed by atoms with van der Waals surface area (Å²) >= 11 is 8.75. The molecule has 0 saturated carbocycles. The van der Waals surface area contributed by atoms with Crippen molar-refractivity contribution in [2.45, 2.75) is 13.5 Å². The van der Waals surface area contributed by atoms with Gasteiger partial charge < -0.3 is 19.2 Å². The summed E-state index contributed by atoms with van der Waals surface area (Å²) in [6, 6.07) is 18.3. The highest BCUT2D eigenvalue weighted by molar-refractivity contribution is 9.10. The van der Waals surface area contributed by atoms with Crippen LogP contribution in [0.5, 0.6) is 11.5 Å². The van der Waals surface area contributed by atoms with Crippen LogP contribution in [0.4, 0.5) is 5.69 Å². The third-order valence-electron chi connectivity index (χ3n) is 4.45. The summed E-state index contributed by atoms with van der Waals surface area (Å²) in [5.74, 6) is 2.40. The molecule has 3 aromatic rings. The van der Waals surface area contributed by atoms with Gasteiger partial charge in [0.2, 0.25) is 0 Å². The number of ether oxygens (including phenoxy) is 2. The Balaban J connectivity index is 1.43. The van der Waals surface area contributed by atoms with Gasteiger partial charge >= 0.3 is 0 Å². The molecule has 158 valence electrons. The molecule has 8 heteroatoms. The summed E-state index contributed by atoms with van der Waals surface area (Å²) in [6.07, 6.45) is 1.63. The molecule has 1 N–H and O–H groups in total. The molecule has 0 bridgehead atoms. The molecule has 1 fully saturated rings. The molecule has 1 aromatic heterocycles. The van der Waals surface area contributed by atoms with Crippen molar-refractivity contribution in [1.82, 2.24) is 5.32 Å². The average molecular weight is 499 g/mol. The van der Waals surface area contributed by atoms with Crippen LogP contribution in [-0.4, -0.2) is 17.6 Å². The lowest BCUT2D eigenvalue weighted by Gasteiger charge is -2.14. The molecule has 1 amide bonds. The molecular weight excluding hydrogens is 480 g/mol. The number of benzene rings is 2. The van der Waals surface area contributed by atoms with Crippen LogP contribution in [0.1, 0.15) is 18.4 Å². The third kappa shape index (κ3) is 4.98. The monoisotopic (exact) mass is 498 g/mol. The largest absolute Gasteiger partial charge is 0.494 e. The van der Waals surface area contributed by atoms with E-state index in [1.165, 1.54) is 4.90 Å². The van der Waals surface area contributed by atoms with Gasteiger partial charge in [-0.2, -0.15) is 0 Å². The van der Waals surface area contributed by atoms with Crippen LogP contribution in [0.2, 0.25) is 0 Å². The van der Waals surface area contributed by atoms with Crippen molar-refractivity contribution in [3.05, 3.63) is 82.4 Å². The predicted molar refractivity (Wildman–Crippen MR) is 126 cm³/mol. The SMILES string of the molecule is CCOc1ccc(N2C(=O)/C(=C\c3ccc(COc4ccc(Br)cc4)o3)NC2=S)cc1. The number of thiocarbonyl (C=S) groups is 1. The minimum Gasteiger partial charge on any atom is -0.494 e. The van der Waals surface area contributed by atoms with Crippen LogP contribution in [0.15, 0.2) is 75.3 Å². The highest BCUT2D eigenvalue weighted by Crippen LogP contribution is 2.25. The predicted octanol–water partition coefficient (Wildman–Crippen LogP) is 5.28. The van der Waals surface area contributed by atoms with Crippen molar-refractivity contribution in [2.24, 2.45) is 0 Å². The molecule has 6 nitrogen and oxygen atoms in total. The zero-order valence-corrected chi connectivity index (χ0v) is 19.0. The number of carbonyl (C=O) groups excluding carboxylic acids is 1. The van der Waals surface area contributed by atoms with Crippen LogP contribution in [-0.2, 0) is 11.4 Å². The number of rotatable bonds is 7. The zero-order chi connectivity index (χ0) is 21.8. The Bertz CT molecular complexity index is 1120. The van der Waals surface area contributed by atoms with Crippen molar-refractivity contribution in [3.63, 3.8) is 0 Å². The van der Waals surface area contributed by atoms with E-state index < -0.39 is 0 Å². The Labute approximate surface area is 193 Å². The number of amides is 1. The molecule has 31 heavy (non-hydrogen) atoms. The molecule has 2 aromatic carbocycles. The number of hydrogen-bond donors (Lipinski definition) is 1. The van der Waals surface area contributed by atoms with Crippen LogP contribution in [0.3, 0.4) is 0 Å². The summed E-state index contributed by atoms with van der Waals surface area (Å²) < 4.78 is 17.9. The summed E-state index contributed by atoms with van der Waals surface area (Å²) in [7, 11) is 0. The first-order valence-corrected chi connectivity index (χ1v) is 10.8. The van der Waals surface area contributed by atoms with E-state index >= 15 is 0 Å². The summed E-state index contributed by atoms with van der Waals surface area (Å²) in [6.45, 7) is 2.78. The number of carbonyl (C=O) groups is 1. The molecule has 1 aliphatic heterocycles. The second-order valence-corrected chi connectivity index (χ2v) is 7.90. The Morgan fingerprint density at radius 3 is 2.42 bits per heavy atom. The topological polar surface area (TPSA) is 63.9 Å². The number of nitrogens with zero attached hydrogens (tertiary/aromatic N) is 1. The van der Waals surface area contributed by atoms with E-state index in [0.29, 0.717) is 34.6 Å². The van der Waals surface area contributed by atoms with Crippen molar-refractivity contribution in [3.8, 4) is 11.5 Å². The Morgan fingerprint density at radius 2 is 1.71 bits per heavy atom. The minimum atomic E-state index is -0.252. The normalized spacial score (nSPS) is 14.8. The van der Waals surface area contributed by atoms with E-state index in [1.807, 2.05) is 37.3 Å². The Morgan fingerprint density at radius 1 is 1.03 bits per heavy atom. The summed E-state index contributed by atoms with van der Waals surface area (Å²) in [5, 5.41) is 3.27. The van der Waals surface area contributed by atoms with Gasteiger partial charge in [0, 0.05) is 10.5 Å². The van der Waals surface area contributed by atoms with Crippen molar-refractivity contribution in [1.29, 1.82) is 0 Å². The lowest BCUT2D eigenvalue weighted by molar-refractivity contribution is -0.113. The van der Waals surface area contributed by atoms with Gasteiger partial charge in [-0.25, -0.2) is 0 Å². The van der Waals surface area contributed by atoms with Gasteiger partial charge in [0.15, 0.2) is 5.11 Å². The lowest BCUT2D eigenvalue weighted by atomic mass is 10.2. The second kappa shape index (κ2) is 9.36. The van der Waals surface area contributed by atoms with Gasteiger partial charge in [0.1, 0.15) is 35.3 Å². The van der Waals surface area contributed by atoms with Crippen LogP contribution in [0.25, 0.3) is 6.08 Å². The third-order valence-corrected chi connectivity index (χ3v) is 5.26. The number of halogens is 1. The van der Waals surface area contributed by atoms with E-state index in [1.54, 1.807) is 36.4 Å². The molecule has 1 saturated heterocycles. The quantitative estimate of drug-likeness (QED) is 0.353. The summed E-state index contributed by atoms with van der Waals surface area (Å²) in [5.41, 5.74) is 1.01. The van der Waals surface area contributed by atoms with Crippen LogP contribution >= 0.6 is 28.1 Å². The van der Waals surface area contributed by atoms with Crippen molar-refractivity contribution < 1.29 is 18.7 Å². The van der Waals surface area contributed by atoms with Gasteiger partial charge in [0.25, 0.3) is 5.91 Å². The van der Waals surface area contributed by atoms with E-state index in [-0.39, 0.29) is 12.5 Å². The Kier molecular flexibility index (Phi) is 6.39. The van der Waals surface area contributed by atoms with Crippen LogP contribution < -0.4 is 19.7 Å². The van der Waals surface area contributed by atoms with Crippen molar-refractivity contribution in [2.75, 3.05) is 11.5 Å². The molecule has 0 aliphatic carbocycles. The second-order valence-electron chi connectivity index (χ2n) is 6.60. The molecule has 0 atom stereocenters. The fraction of sp³-hybridized carbons (Fsp3) is 0.130. The van der Waals surface area contributed by atoms with Gasteiger partial charge in [-0.1, -0.05) is 15.9 Å². The van der Waals surface area contributed by atoms with E-state index in [2.05, 4.69) is 21.2 Å². The highest BCUT2D eigenvalue weighted by atomic mass is 79.9. The average Bonchev–Trinajstić information content (AvgIpc) is 3.32. The maximum atomic E-state index is 12.9. The van der Waals surface area contributed by atoms with Gasteiger partial charge in [-0.05, 0) is 79.8 Å². The molecule has 1 aliphatic rings. The zero-order valence-electron chi connectivity index (χ0n) is 16.6. The minimum absolute atomic E-state index is 0.252. The fourth-order valence-electron chi connectivity index (χ4n) is 3.00. The molecule has 0 unspecified atom stereocenters. The number of anilines is 1. The van der Waals surface area contributed by atoms with Crippen LogP contribution in [0, 0.1) is 0 Å². The molecule has 0 radical (unpaired) electrons.